The van der Waals surface area contributed by atoms with Crippen molar-refractivity contribution in [3.05, 3.63) is 212 Å². The van der Waals surface area contributed by atoms with Gasteiger partial charge >= 0.3 is 0 Å². The molecule has 2 aromatic heterocycles. The van der Waals surface area contributed by atoms with Gasteiger partial charge in [-0.2, -0.15) is 0 Å². The number of furan rings is 1. The highest BCUT2D eigenvalue weighted by Gasteiger charge is 2.17. The van der Waals surface area contributed by atoms with Crippen LogP contribution >= 0.6 is 11.3 Å². The molecule has 0 aliphatic heterocycles. The van der Waals surface area contributed by atoms with E-state index in [-0.39, 0.29) is 0 Å². The molecule has 2 nitrogen and oxygen atoms in total. The van der Waals surface area contributed by atoms with Gasteiger partial charge in [-0.3, -0.25) is 0 Å². The zero-order chi connectivity index (χ0) is 38.9. The molecule has 0 atom stereocenters. The molecule has 0 radical (unpaired) electrons. The van der Waals surface area contributed by atoms with Crippen LogP contribution in [-0.2, 0) is 0 Å². The van der Waals surface area contributed by atoms with E-state index >= 15 is 0 Å². The Morgan fingerprint density at radius 1 is 0.322 bits per heavy atom. The zero-order valence-electron chi connectivity index (χ0n) is 32.0. The number of anilines is 3. The first-order chi connectivity index (χ1) is 29.2. The van der Waals surface area contributed by atoms with Crippen molar-refractivity contribution < 1.29 is 4.42 Å². The third-order valence-electron chi connectivity index (χ3n) is 11.9. The van der Waals surface area contributed by atoms with Gasteiger partial charge in [0.15, 0.2) is 0 Å². The van der Waals surface area contributed by atoms with Gasteiger partial charge in [-0.1, -0.05) is 146 Å². The quantitative estimate of drug-likeness (QED) is 0.157. The van der Waals surface area contributed by atoms with Gasteiger partial charge in [-0.05, 0) is 116 Å². The summed E-state index contributed by atoms with van der Waals surface area (Å²) in [7, 11) is 0. The number of hydrogen-bond donors (Lipinski definition) is 0. The maximum Gasteiger partial charge on any atom is 0.143 e. The number of benzene rings is 10. The molecule has 59 heavy (non-hydrogen) atoms. The van der Waals surface area contributed by atoms with Gasteiger partial charge in [0.05, 0.1) is 0 Å². The van der Waals surface area contributed by atoms with E-state index < -0.39 is 0 Å². The van der Waals surface area contributed by atoms with Crippen LogP contribution in [0.25, 0.3) is 97.0 Å². The summed E-state index contributed by atoms with van der Waals surface area (Å²) in [5.74, 6) is 0. The molecule has 276 valence electrons. The Balaban J connectivity index is 0.947. The van der Waals surface area contributed by atoms with Crippen molar-refractivity contribution in [3.63, 3.8) is 0 Å². The van der Waals surface area contributed by atoms with Crippen LogP contribution in [0.2, 0.25) is 0 Å². The number of rotatable bonds is 6. The van der Waals surface area contributed by atoms with Crippen LogP contribution in [0.5, 0.6) is 0 Å². The normalized spacial score (nSPS) is 11.7. The van der Waals surface area contributed by atoms with Crippen LogP contribution in [0, 0.1) is 0 Å². The molecule has 0 unspecified atom stereocenters. The molecule has 10 aromatic carbocycles. The Morgan fingerprint density at radius 3 is 1.68 bits per heavy atom. The highest BCUT2D eigenvalue weighted by molar-refractivity contribution is 7.25. The number of hydrogen-bond acceptors (Lipinski definition) is 3. The lowest BCUT2D eigenvalue weighted by Gasteiger charge is -2.26. The SMILES string of the molecule is c1ccc(-c2cccc3c2oc2ccc(-c4ccc(N(c5ccc(-c6ccc7sc8ccccc8c7c6)cc5)c5ccc6ccc7ccccc7c6c5)cc4)cc23)cc1. The Hall–Kier alpha value is -7.46. The van der Waals surface area contributed by atoms with Crippen molar-refractivity contribution in [2.24, 2.45) is 0 Å². The first-order valence-corrected chi connectivity index (χ1v) is 20.9. The summed E-state index contributed by atoms with van der Waals surface area (Å²) in [5, 5.41) is 9.85. The predicted molar refractivity (Wildman–Crippen MR) is 253 cm³/mol. The van der Waals surface area contributed by atoms with Gasteiger partial charge < -0.3 is 9.32 Å². The topological polar surface area (TPSA) is 16.4 Å². The van der Waals surface area contributed by atoms with Gasteiger partial charge in [0.2, 0.25) is 0 Å². The highest BCUT2D eigenvalue weighted by atomic mass is 32.1. The van der Waals surface area contributed by atoms with Crippen LogP contribution in [0.15, 0.2) is 217 Å². The van der Waals surface area contributed by atoms with Crippen LogP contribution < -0.4 is 4.90 Å². The summed E-state index contributed by atoms with van der Waals surface area (Å²) >= 11 is 1.86. The minimum atomic E-state index is 0.894. The van der Waals surface area contributed by atoms with Gasteiger partial charge in [-0.25, -0.2) is 0 Å². The van der Waals surface area contributed by atoms with E-state index in [4.69, 9.17) is 4.42 Å². The van der Waals surface area contributed by atoms with E-state index in [0.717, 1.165) is 61.3 Å². The number of thiophene rings is 1. The molecule has 0 saturated heterocycles. The van der Waals surface area contributed by atoms with Crippen molar-refractivity contribution in [3.8, 4) is 33.4 Å². The molecule has 0 bridgehead atoms. The molecule has 0 aliphatic carbocycles. The van der Waals surface area contributed by atoms with E-state index in [0.29, 0.717) is 0 Å². The fourth-order valence-corrected chi connectivity index (χ4v) is 10.00. The zero-order valence-corrected chi connectivity index (χ0v) is 32.8. The molecule has 3 heteroatoms. The average molecular weight is 770 g/mol. The van der Waals surface area contributed by atoms with Gasteiger partial charge in [0.25, 0.3) is 0 Å². The second kappa shape index (κ2) is 13.6. The first kappa shape index (κ1) is 33.7. The molecule has 0 spiro atoms. The van der Waals surface area contributed by atoms with E-state index in [1.807, 2.05) is 17.4 Å². The van der Waals surface area contributed by atoms with Crippen molar-refractivity contribution in [1.82, 2.24) is 0 Å². The predicted octanol–water partition coefficient (Wildman–Crippen LogP) is 16.7. The number of fused-ring (bicyclic) bond motifs is 9. The average Bonchev–Trinajstić information content (AvgIpc) is 3.88. The Kier molecular flexibility index (Phi) is 7.75. The maximum atomic E-state index is 6.50. The fraction of sp³-hybridized carbons (Fsp3) is 0. The Morgan fingerprint density at radius 2 is 0.898 bits per heavy atom. The number of para-hydroxylation sites is 1. The summed E-state index contributed by atoms with van der Waals surface area (Å²) in [4.78, 5) is 2.38. The fourth-order valence-electron chi connectivity index (χ4n) is 8.91. The minimum absolute atomic E-state index is 0.894. The first-order valence-electron chi connectivity index (χ1n) is 20.1. The van der Waals surface area contributed by atoms with Crippen LogP contribution in [0.4, 0.5) is 17.1 Å². The molecule has 2 heterocycles. The standard InChI is InChI=1S/C56H35NOS/c1-2-9-38(10-3-1)47-14-8-15-49-51-33-41(24-31-53(51)58-56(47)49)36-19-26-43(27-20-36)57(45-30-23-40-18-17-39-11-4-5-12-46(39)50(40)35-45)44-28-21-37(22-29-44)42-25-32-55-52(34-42)48-13-6-7-16-54(48)59-55/h1-35H. The Labute approximate surface area is 345 Å². The molecule has 0 N–H and O–H groups in total. The van der Waals surface area contributed by atoms with Crippen LogP contribution in [0.3, 0.4) is 0 Å². The summed E-state index contributed by atoms with van der Waals surface area (Å²) in [6, 6.07) is 77.0. The van der Waals surface area contributed by atoms with Crippen molar-refractivity contribution >= 4 is 92.1 Å². The van der Waals surface area contributed by atoms with Crippen LogP contribution in [-0.4, -0.2) is 0 Å². The van der Waals surface area contributed by atoms with E-state index in [1.165, 1.54) is 52.8 Å². The molecular weight excluding hydrogens is 735 g/mol. The molecule has 12 rings (SSSR count). The minimum Gasteiger partial charge on any atom is -0.455 e. The summed E-state index contributed by atoms with van der Waals surface area (Å²) in [5.41, 5.74) is 12.1. The summed E-state index contributed by atoms with van der Waals surface area (Å²) < 4.78 is 9.14. The number of nitrogens with zero attached hydrogens (tertiary/aromatic N) is 1. The largest absolute Gasteiger partial charge is 0.455 e. The van der Waals surface area contributed by atoms with E-state index in [9.17, 15) is 0 Å². The van der Waals surface area contributed by atoms with Gasteiger partial charge in [-0.15, -0.1) is 11.3 Å². The smallest absolute Gasteiger partial charge is 0.143 e. The summed E-state index contributed by atoms with van der Waals surface area (Å²) in [6.45, 7) is 0. The van der Waals surface area contributed by atoms with Crippen molar-refractivity contribution in [2.75, 3.05) is 4.90 Å². The lowest BCUT2D eigenvalue weighted by atomic mass is 9.99. The third-order valence-corrected chi connectivity index (χ3v) is 13.0. The highest BCUT2D eigenvalue weighted by Crippen LogP contribution is 2.42. The molecule has 12 aromatic rings. The lowest BCUT2D eigenvalue weighted by Crippen LogP contribution is -2.09. The van der Waals surface area contributed by atoms with Crippen molar-refractivity contribution in [2.45, 2.75) is 0 Å². The monoisotopic (exact) mass is 769 g/mol. The molecular formula is C56H35NOS. The summed E-state index contributed by atoms with van der Waals surface area (Å²) in [6.07, 6.45) is 0. The van der Waals surface area contributed by atoms with Gasteiger partial charge in [0.1, 0.15) is 11.2 Å². The lowest BCUT2D eigenvalue weighted by molar-refractivity contribution is 0.670. The Bertz CT molecular complexity index is 3540. The second-order valence-electron chi connectivity index (χ2n) is 15.3. The molecule has 0 aliphatic rings. The molecule has 0 fully saturated rings. The van der Waals surface area contributed by atoms with Gasteiger partial charge in [0, 0.05) is 53.6 Å². The second-order valence-corrected chi connectivity index (χ2v) is 16.4. The molecule has 0 saturated carbocycles. The maximum absolute atomic E-state index is 6.50. The van der Waals surface area contributed by atoms with E-state index in [2.05, 4.69) is 211 Å². The molecule has 0 amide bonds. The van der Waals surface area contributed by atoms with Crippen molar-refractivity contribution in [1.29, 1.82) is 0 Å². The van der Waals surface area contributed by atoms with E-state index in [1.54, 1.807) is 0 Å². The third kappa shape index (κ3) is 5.70. The van der Waals surface area contributed by atoms with Crippen LogP contribution in [0.1, 0.15) is 0 Å².